The fourth-order valence-corrected chi connectivity index (χ4v) is 2.20. The standard InChI is InChI=1S/C18H14N2/c1-2-13-20-14-17(15-9-5-3-6-10-15)19-18(20)16-11-7-4-8-12-16/h1,3-12,14H,13H2. The largest absolute Gasteiger partial charge is 0.319 e. The Balaban J connectivity index is 2.11. The van der Waals surface area contributed by atoms with E-state index in [1.165, 1.54) is 0 Å². The molecule has 0 aliphatic heterocycles. The summed E-state index contributed by atoms with van der Waals surface area (Å²) in [6.07, 6.45) is 7.47. The molecule has 2 nitrogen and oxygen atoms in total. The van der Waals surface area contributed by atoms with Crippen molar-refractivity contribution in [2.45, 2.75) is 6.54 Å². The van der Waals surface area contributed by atoms with Gasteiger partial charge in [-0.05, 0) is 0 Å². The second-order valence-corrected chi connectivity index (χ2v) is 4.51. The van der Waals surface area contributed by atoms with Gasteiger partial charge >= 0.3 is 0 Å². The molecule has 0 amide bonds. The lowest BCUT2D eigenvalue weighted by molar-refractivity contribution is 0.851. The van der Waals surface area contributed by atoms with Crippen LogP contribution < -0.4 is 0 Å². The molecule has 0 spiro atoms. The van der Waals surface area contributed by atoms with Crippen molar-refractivity contribution in [3.63, 3.8) is 0 Å². The third kappa shape index (κ3) is 2.34. The zero-order chi connectivity index (χ0) is 13.8. The van der Waals surface area contributed by atoms with E-state index in [0.29, 0.717) is 6.54 Å². The van der Waals surface area contributed by atoms with Crippen molar-refractivity contribution in [3.8, 4) is 35.0 Å². The Hall–Kier alpha value is -2.79. The second kappa shape index (κ2) is 5.46. The highest BCUT2D eigenvalue weighted by Crippen LogP contribution is 2.24. The van der Waals surface area contributed by atoms with Crippen LogP contribution in [0.5, 0.6) is 0 Å². The van der Waals surface area contributed by atoms with Gasteiger partial charge in [-0.2, -0.15) is 0 Å². The smallest absolute Gasteiger partial charge is 0.141 e. The molecule has 20 heavy (non-hydrogen) atoms. The van der Waals surface area contributed by atoms with Crippen molar-refractivity contribution in [2.75, 3.05) is 0 Å². The monoisotopic (exact) mass is 258 g/mol. The van der Waals surface area contributed by atoms with Crippen molar-refractivity contribution in [2.24, 2.45) is 0 Å². The molecule has 96 valence electrons. The van der Waals surface area contributed by atoms with Crippen LogP contribution in [0.2, 0.25) is 0 Å². The first kappa shape index (κ1) is 12.3. The van der Waals surface area contributed by atoms with E-state index in [4.69, 9.17) is 11.4 Å². The maximum atomic E-state index is 5.46. The Morgan fingerprint density at radius 1 is 0.900 bits per heavy atom. The SMILES string of the molecule is C#CCn1cc(-c2ccccc2)nc1-c1ccccc1. The third-order valence-electron chi connectivity index (χ3n) is 3.14. The molecule has 3 aromatic rings. The van der Waals surface area contributed by atoms with Gasteiger partial charge in [-0.25, -0.2) is 4.98 Å². The van der Waals surface area contributed by atoms with Crippen LogP contribution in [0.15, 0.2) is 66.9 Å². The molecule has 0 fully saturated rings. The Kier molecular flexibility index (Phi) is 3.34. The second-order valence-electron chi connectivity index (χ2n) is 4.51. The van der Waals surface area contributed by atoms with Gasteiger partial charge in [-0.15, -0.1) is 6.42 Å². The van der Waals surface area contributed by atoms with Gasteiger partial charge < -0.3 is 4.57 Å². The summed E-state index contributed by atoms with van der Waals surface area (Å²) in [5.41, 5.74) is 3.12. The van der Waals surface area contributed by atoms with E-state index >= 15 is 0 Å². The molecule has 0 aliphatic carbocycles. The molecule has 2 heteroatoms. The number of benzene rings is 2. The van der Waals surface area contributed by atoms with Crippen LogP contribution in [-0.4, -0.2) is 9.55 Å². The molecule has 0 aliphatic rings. The Morgan fingerprint density at radius 2 is 1.50 bits per heavy atom. The van der Waals surface area contributed by atoms with Crippen LogP contribution in [0.25, 0.3) is 22.6 Å². The van der Waals surface area contributed by atoms with E-state index in [0.717, 1.165) is 22.6 Å². The van der Waals surface area contributed by atoms with Gasteiger partial charge in [-0.3, -0.25) is 0 Å². The summed E-state index contributed by atoms with van der Waals surface area (Å²) >= 11 is 0. The van der Waals surface area contributed by atoms with E-state index < -0.39 is 0 Å². The minimum absolute atomic E-state index is 0.518. The summed E-state index contributed by atoms with van der Waals surface area (Å²) in [7, 11) is 0. The number of imidazole rings is 1. The molecule has 0 unspecified atom stereocenters. The van der Waals surface area contributed by atoms with Crippen LogP contribution in [0.3, 0.4) is 0 Å². The predicted molar refractivity (Wildman–Crippen MR) is 81.9 cm³/mol. The Morgan fingerprint density at radius 3 is 2.10 bits per heavy atom. The first-order chi connectivity index (χ1) is 9.88. The van der Waals surface area contributed by atoms with Crippen molar-refractivity contribution in [1.29, 1.82) is 0 Å². The number of terminal acetylenes is 1. The summed E-state index contributed by atoms with van der Waals surface area (Å²) in [4.78, 5) is 4.74. The zero-order valence-electron chi connectivity index (χ0n) is 11.0. The molecule has 0 saturated carbocycles. The molecule has 0 radical (unpaired) electrons. The van der Waals surface area contributed by atoms with Gasteiger partial charge in [0.15, 0.2) is 0 Å². The summed E-state index contributed by atoms with van der Waals surface area (Å²) in [5, 5.41) is 0. The Labute approximate surface area is 118 Å². The minimum Gasteiger partial charge on any atom is -0.319 e. The van der Waals surface area contributed by atoms with Crippen LogP contribution in [-0.2, 0) is 6.54 Å². The lowest BCUT2D eigenvalue weighted by Crippen LogP contribution is -1.96. The molecular weight excluding hydrogens is 244 g/mol. The van der Waals surface area contributed by atoms with Gasteiger partial charge in [0.2, 0.25) is 0 Å². The quantitative estimate of drug-likeness (QED) is 0.652. The van der Waals surface area contributed by atoms with E-state index in [-0.39, 0.29) is 0 Å². The number of rotatable bonds is 3. The lowest BCUT2D eigenvalue weighted by Gasteiger charge is -2.02. The van der Waals surface area contributed by atoms with Crippen molar-refractivity contribution in [3.05, 3.63) is 66.9 Å². The minimum atomic E-state index is 0.518. The van der Waals surface area contributed by atoms with Gasteiger partial charge in [0, 0.05) is 17.3 Å². The lowest BCUT2D eigenvalue weighted by atomic mass is 10.2. The molecule has 0 bridgehead atoms. The zero-order valence-corrected chi connectivity index (χ0v) is 11.0. The summed E-state index contributed by atoms with van der Waals surface area (Å²) < 4.78 is 2.01. The number of nitrogens with zero attached hydrogens (tertiary/aromatic N) is 2. The van der Waals surface area contributed by atoms with E-state index in [9.17, 15) is 0 Å². The topological polar surface area (TPSA) is 17.8 Å². The van der Waals surface area contributed by atoms with Gasteiger partial charge in [0.1, 0.15) is 5.82 Å². The number of hydrogen-bond donors (Lipinski definition) is 0. The molecular formula is C18H14N2. The summed E-state index contributed by atoms with van der Waals surface area (Å²) in [6.45, 7) is 0.518. The first-order valence-electron chi connectivity index (χ1n) is 6.50. The highest BCUT2D eigenvalue weighted by Gasteiger charge is 2.10. The first-order valence-corrected chi connectivity index (χ1v) is 6.50. The van der Waals surface area contributed by atoms with Gasteiger partial charge in [0.25, 0.3) is 0 Å². The van der Waals surface area contributed by atoms with E-state index in [1.807, 2.05) is 59.3 Å². The van der Waals surface area contributed by atoms with E-state index in [1.54, 1.807) is 0 Å². The molecule has 1 heterocycles. The summed E-state index contributed by atoms with van der Waals surface area (Å²) in [6, 6.07) is 20.2. The van der Waals surface area contributed by atoms with Crippen molar-refractivity contribution >= 4 is 0 Å². The number of hydrogen-bond acceptors (Lipinski definition) is 1. The number of aromatic nitrogens is 2. The molecule has 0 N–H and O–H groups in total. The van der Waals surface area contributed by atoms with Crippen LogP contribution >= 0.6 is 0 Å². The normalized spacial score (nSPS) is 10.2. The fraction of sp³-hybridized carbons (Fsp3) is 0.0556. The van der Waals surface area contributed by atoms with Crippen LogP contribution in [0, 0.1) is 12.3 Å². The van der Waals surface area contributed by atoms with Crippen molar-refractivity contribution < 1.29 is 0 Å². The van der Waals surface area contributed by atoms with Gasteiger partial charge in [-0.1, -0.05) is 66.6 Å². The highest BCUT2D eigenvalue weighted by molar-refractivity contribution is 5.65. The molecule has 1 aromatic heterocycles. The Bertz CT molecular complexity index is 734. The maximum Gasteiger partial charge on any atom is 0.141 e. The highest BCUT2D eigenvalue weighted by atomic mass is 15.1. The predicted octanol–water partition coefficient (Wildman–Crippen LogP) is 3.85. The van der Waals surface area contributed by atoms with Gasteiger partial charge in [0.05, 0.1) is 12.2 Å². The van der Waals surface area contributed by atoms with Crippen molar-refractivity contribution in [1.82, 2.24) is 9.55 Å². The van der Waals surface area contributed by atoms with Crippen LogP contribution in [0.4, 0.5) is 0 Å². The summed E-state index contributed by atoms with van der Waals surface area (Å²) in [5.74, 6) is 3.59. The molecule has 3 rings (SSSR count). The third-order valence-corrected chi connectivity index (χ3v) is 3.14. The molecule has 2 aromatic carbocycles. The average molecular weight is 258 g/mol. The average Bonchev–Trinajstić information content (AvgIpc) is 2.94. The maximum absolute atomic E-state index is 5.46. The molecule has 0 atom stereocenters. The van der Waals surface area contributed by atoms with Crippen LogP contribution in [0.1, 0.15) is 0 Å². The fourth-order valence-electron chi connectivity index (χ4n) is 2.20. The molecule has 0 saturated heterocycles. The van der Waals surface area contributed by atoms with E-state index in [2.05, 4.69) is 18.1 Å².